The van der Waals surface area contributed by atoms with Crippen LogP contribution in [0.4, 0.5) is 27.1 Å². The van der Waals surface area contributed by atoms with Gasteiger partial charge in [-0.25, -0.2) is 9.29 Å². The van der Waals surface area contributed by atoms with Crippen LogP contribution >= 0.6 is 23.2 Å². The van der Waals surface area contributed by atoms with Gasteiger partial charge in [-0.2, -0.15) is 0 Å². The van der Waals surface area contributed by atoms with Crippen LogP contribution in [0.1, 0.15) is 24.3 Å². The Morgan fingerprint density at radius 1 is 0.978 bits per heavy atom. The van der Waals surface area contributed by atoms with Gasteiger partial charge in [-0.15, -0.1) is 23.2 Å². The Labute approximate surface area is 269 Å². The van der Waals surface area contributed by atoms with Crippen LogP contribution in [0.25, 0.3) is 0 Å². The number of imide groups is 2. The lowest BCUT2D eigenvalue weighted by Gasteiger charge is -2.50. The number of carbonyl (C=O) groups is 4. The molecule has 1 saturated carbocycles. The Morgan fingerprint density at radius 3 is 2.13 bits per heavy atom. The van der Waals surface area contributed by atoms with Crippen molar-refractivity contribution in [2.45, 2.75) is 28.5 Å². The Bertz CT molecular complexity index is 1820. The summed E-state index contributed by atoms with van der Waals surface area (Å²) in [5.41, 5.74) is -1.72. The van der Waals surface area contributed by atoms with Crippen LogP contribution in [0, 0.1) is 43.8 Å². The summed E-state index contributed by atoms with van der Waals surface area (Å²) in [6.07, 6.45) is 1.14. The molecule has 3 fully saturated rings. The minimum atomic E-state index is -2.17. The second kappa shape index (κ2) is 10.2. The van der Waals surface area contributed by atoms with Gasteiger partial charge in [-0.05, 0) is 36.5 Å². The molecule has 0 bridgehead atoms. The number of carbonyl (C=O) groups excluding carboxylic acids is 4. The number of phenolic OH excluding ortho intramolecular Hbond substituents is 1. The predicted octanol–water partition coefficient (Wildman–Crippen LogP) is 3.61. The quantitative estimate of drug-likeness (QED) is 0.161. The van der Waals surface area contributed by atoms with Gasteiger partial charge in [0.1, 0.15) is 0 Å². The van der Waals surface area contributed by atoms with Crippen molar-refractivity contribution in [1.82, 2.24) is 4.90 Å². The lowest BCUT2D eigenvalue weighted by Crippen LogP contribution is -2.60. The fourth-order valence-electron chi connectivity index (χ4n) is 7.53. The molecule has 6 atom stereocenters. The highest BCUT2D eigenvalue weighted by molar-refractivity contribution is 6.53. The molecule has 1 N–H and O–H groups in total. The third-order valence-corrected chi connectivity index (χ3v) is 10.9. The number of alkyl halides is 2. The summed E-state index contributed by atoms with van der Waals surface area (Å²) in [5.74, 6) is -9.62. The Kier molecular flexibility index (Phi) is 6.94. The van der Waals surface area contributed by atoms with Crippen molar-refractivity contribution >= 4 is 69.6 Å². The van der Waals surface area contributed by atoms with Crippen LogP contribution in [0.2, 0.25) is 0 Å². The summed E-state index contributed by atoms with van der Waals surface area (Å²) < 4.78 is 14.7. The number of nitro groups is 2. The van der Waals surface area contributed by atoms with E-state index in [-0.39, 0.29) is 29.8 Å². The lowest BCUT2D eigenvalue weighted by molar-refractivity contribution is -0.392. The van der Waals surface area contributed by atoms with Crippen LogP contribution < -0.4 is 9.80 Å². The molecule has 0 spiro atoms. The highest BCUT2D eigenvalue weighted by Gasteiger charge is 2.76. The monoisotopic (exact) mass is 675 g/mol. The molecule has 46 heavy (non-hydrogen) atoms. The summed E-state index contributed by atoms with van der Waals surface area (Å²) >= 11 is 14.1. The number of allylic oxidation sites excluding steroid dienone is 2. The molecule has 6 rings (SSSR count). The van der Waals surface area contributed by atoms with Crippen LogP contribution in [0.3, 0.4) is 0 Å². The van der Waals surface area contributed by atoms with E-state index < -0.39 is 89.8 Å². The van der Waals surface area contributed by atoms with Gasteiger partial charge in [-0.3, -0.25) is 44.3 Å². The maximum Gasteiger partial charge on any atom is 0.301 e. The van der Waals surface area contributed by atoms with E-state index in [4.69, 9.17) is 23.2 Å². The minimum absolute atomic E-state index is 0.0746. The Morgan fingerprint density at radius 2 is 1.59 bits per heavy atom. The first-order valence-corrected chi connectivity index (χ1v) is 14.6. The first-order chi connectivity index (χ1) is 21.5. The number of anilines is 2. The summed E-state index contributed by atoms with van der Waals surface area (Å²) in [7, 11) is 3.93. The predicted molar refractivity (Wildman–Crippen MR) is 160 cm³/mol. The van der Waals surface area contributed by atoms with E-state index in [9.17, 15) is 48.9 Å². The maximum absolute atomic E-state index is 14.7. The fourth-order valence-corrected chi connectivity index (χ4v) is 8.55. The van der Waals surface area contributed by atoms with E-state index in [0.29, 0.717) is 10.5 Å². The average Bonchev–Trinajstić information content (AvgIpc) is 3.32. The summed E-state index contributed by atoms with van der Waals surface area (Å²) in [6.45, 7) is 0. The van der Waals surface area contributed by atoms with Crippen molar-refractivity contribution in [1.29, 1.82) is 0 Å². The Balaban J connectivity index is 1.51. The van der Waals surface area contributed by atoms with Crippen LogP contribution in [0.5, 0.6) is 5.75 Å². The third kappa shape index (κ3) is 3.93. The number of amides is 4. The zero-order valence-corrected chi connectivity index (χ0v) is 25.8. The van der Waals surface area contributed by atoms with Crippen molar-refractivity contribution in [2.24, 2.45) is 17.8 Å². The highest BCUT2D eigenvalue weighted by Crippen LogP contribution is 2.65. The van der Waals surface area contributed by atoms with Crippen LogP contribution in [-0.4, -0.2) is 74.4 Å². The van der Waals surface area contributed by atoms with Gasteiger partial charge < -0.3 is 10.0 Å². The van der Waals surface area contributed by atoms with E-state index in [0.717, 1.165) is 29.2 Å². The molecule has 2 aliphatic carbocycles. The molecule has 2 aromatic carbocycles. The largest absolute Gasteiger partial charge is 0.505 e. The fraction of sp³-hybridized carbons (Fsp3) is 0.379. The number of rotatable bonds is 5. The zero-order valence-electron chi connectivity index (χ0n) is 24.3. The third-order valence-electron chi connectivity index (χ3n) is 9.47. The number of hydrogen-bond donors (Lipinski definition) is 1. The van der Waals surface area contributed by atoms with E-state index in [1.165, 1.54) is 32.1 Å². The van der Waals surface area contributed by atoms with E-state index in [1.54, 1.807) is 6.08 Å². The molecule has 17 heteroatoms. The second-order valence-corrected chi connectivity index (χ2v) is 13.2. The van der Waals surface area contributed by atoms with Gasteiger partial charge in [0, 0.05) is 39.2 Å². The van der Waals surface area contributed by atoms with Gasteiger partial charge >= 0.3 is 11.4 Å². The summed E-state index contributed by atoms with van der Waals surface area (Å²) in [6, 6.07) is 5.13. The lowest BCUT2D eigenvalue weighted by atomic mass is 9.56. The number of nitrogens with zero attached hydrogens (tertiary/aromatic N) is 5. The van der Waals surface area contributed by atoms with Crippen molar-refractivity contribution in [3.63, 3.8) is 0 Å². The average molecular weight is 676 g/mol. The smallest absolute Gasteiger partial charge is 0.301 e. The molecule has 0 aromatic heterocycles. The van der Waals surface area contributed by atoms with Crippen molar-refractivity contribution < 1.29 is 38.5 Å². The maximum atomic E-state index is 14.7. The molecule has 0 radical (unpaired) electrons. The standard InChI is InChI=1S/C29H24Cl2FN5O9/c1-33(2)23-18(36(43)44)9-13(10-19(23)37(45)46)35-24(39)15-6-5-14-16(21(15)25(35)40)11-28(30)26(41)34(3)27(42)29(28,31)22(14)12-4-7-20(38)17(32)8-12/h4-5,7-10,15-16,21-22,38H,6,11H2,1-3H3. The molecule has 2 aromatic rings. The van der Waals surface area contributed by atoms with E-state index >= 15 is 0 Å². The van der Waals surface area contributed by atoms with E-state index in [1.807, 2.05) is 0 Å². The summed E-state index contributed by atoms with van der Waals surface area (Å²) in [5, 5.41) is 33.8. The van der Waals surface area contributed by atoms with Gasteiger partial charge in [0.15, 0.2) is 27.0 Å². The molecule has 4 aliphatic rings. The van der Waals surface area contributed by atoms with Gasteiger partial charge in [0.2, 0.25) is 11.8 Å². The number of nitro benzene ring substituents is 2. The van der Waals surface area contributed by atoms with Crippen molar-refractivity contribution in [2.75, 3.05) is 30.9 Å². The van der Waals surface area contributed by atoms with Gasteiger partial charge in [0.25, 0.3) is 11.8 Å². The van der Waals surface area contributed by atoms with Crippen LogP contribution in [0.15, 0.2) is 42.0 Å². The Hall–Kier alpha value is -4.63. The normalized spacial score (nSPS) is 30.2. The number of halogens is 3. The highest BCUT2D eigenvalue weighted by atomic mass is 35.5. The van der Waals surface area contributed by atoms with Crippen molar-refractivity contribution in [3.8, 4) is 5.75 Å². The number of phenols is 1. The van der Waals surface area contributed by atoms with Gasteiger partial charge in [0.05, 0.1) is 27.4 Å². The van der Waals surface area contributed by atoms with Gasteiger partial charge in [-0.1, -0.05) is 17.7 Å². The molecule has 240 valence electrons. The molecule has 4 amide bonds. The molecular weight excluding hydrogens is 652 g/mol. The molecule has 2 aliphatic heterocycles. The number of aromatic hydroxyl groups is 1. The minimum Gasteiger partial charge on any atom is -0.505 e. The number of likely N-dealkylation sites (tertiary alicyclic amines) is 1. The molecule has 2 saturated heterocycles. The van der Waals surface area contributed by atoms with E-state index in [2.05, 4.69) is 0 Å². The second-order valence-electron chi connectivity index (χ2n) is 12.0. The molecule has 6 unspecified atom stereocenters. The van der Waals surface area contributed by atoms with Crippen LogP contribution in [-0.2, 0) is 19.2 Å². The van der Waals surface area contributed by atoms with Crippen molar-refractivity contribution in [3.05, 3.63) is 73.6 Å². The SMILES string of the molecule is CN1C(=O)C2(Cl)CC3C(=CCC4C(=O)N(c5cc([N+](=O)[O-])c(N(C)C)c([N+](=O)[O-])c5)C(=O)C43)C(c3ccc(O)c(F)c3)C2(Cl)C1=O. The number of fused-ring (bicyclic) bond motifs is 4. The molecular formula is C29H24Cl2FN5O9. The number of hydrogen-bond acceptors (Lipinski definition) is 10. The first-order valence-electron chi connectivity index (χ1n) is 13.9. The molecule has 2 heterocycles. The summed E-state index contributed by atoms with van der Waals surface area (Å²) in [4.78, 5) is 75.7. The topological polar surface area (TPSA) is 185 Å². The number of benzene rings is 2. The zero-order chi connectivity index (χ0) is 33.8. The molecule has 14 nitrogen and oxygen atoms in total. The first kappa shape index (κ1) is 31.4.